The van der Waals surface area contributed by atoms with Crippen LogP contribution in [0.4, 0.5) is 17.1 Å². The second-order valence-electron chi connectivity index (χ2n) is 10.8. The molecule has 0 saturated carbocycles. The summed E-state index contributed by atoms with van der Waals surface area (Å²) in [6.07, 6.45) is 11.0. The van der Waals surface area contributed by atoms with Crippen molar-refractivity contribution in [2.75, 3.05) is 5.73 Å². The highest BCUT2D eigenvalue weighted by Crippen LogP contribution is 2.24. The predicted molar refractivity (Wildman–Crippen MR) is 189 cm³/mol. The molecular formula is C35H41N9O4. The van der Waals surface area contributed by atoms with Gasteiger partial charge in [-0.3, -0.25) is 34.7 Å². The number of hydrogen-bond donors (Lipinski definition) is 2. The zero-order valence-corrected chi connectivity index (χ0v) is 27.9. The van der Waals surface area contributed by atoms with Crippen molar-refractivity contribution < 1.29 is 9.85 Å². The topological polar surface area (TPSA) is 177 Å². The molecule has 13 nitrogen and oxygen atoms in total. The number of nitrogens with zero attached hydrogens (tertiary/aromatic N) is 7. The molecule has 0 aliphatic heterocycles. The summed E-state index contributed by atoms with van der Waals surface area (Å²) in [6.45, 7) is 12.3. The molecular weight excluding hydrogens is 610 g/mol. The van der Waals surface area contributed by atoms with E-state index in [1.807, 2.05) is 73.7 Å². The minimum absolute atomic E-state index is 0.0947. The van der Waals surface area contributed by atoms with E-state index >= 15 is 0 Å². The number of aromatic nitrogens is 6. The Labute approximate surface area is 279 Å². The Morgan fingerprint density at radius 2 is 0.979 bits per heavy atom. The van der Waals surface area contributed by atoms with Crippen molar-refractivity contribution in [2.24, 2.45) is 0 Å². The number of H-pyrrole nitrogens is 1. The molecule has 6 rings (SSSR count). The lowest BCUT2D eigenvalue weighted by Gasteiger charge is -2.03. The fourth-order valence-electron chi connectivity index (χ4n) is 4.17. The highest BCUT2D eigenvalue weighted by Gasteiger charge is 2.08. The normalized spacial score (nSPS) is 10.2. The van der Waals surface area contributed by atoms with Gasteiger partial charge in [-0.2, -0.15) is 15.3 Å². The van der Waals surface area contributed by atoms with E-state index in [1.165, 1.54) is 24.3 Å². The van der Waals surface area contributed by atoms with Crippen LogP contribution in [0.1, 0.15) is 53.6 Å². The largest absolute Gasteiger partial charge is 0.399 e. The molecule has 3 aromatic carbocycles. The van der Waals surface area contributed by atoms with Crippen molar-refractivity contribution >= 4 is 17.1 Å². The smallest absolute Gasteiger partial charge is 0.269 e. The van der Waals surface area contributed by atoms with Gasteiger partial charge in [-0.15, -0.1) is 0 Å². The first kappa shape index (κ1) is 36.4. The molecule has 0 aliphatic rings. The lowest BCUT2D eigenvalue weighted by Crippen LogP contribution is -1.99. The summed E-state index contributed by atoms with van der Waals surface area (Å²) in [5, 5.41) is 35.9. The molecule has 3 heterocycles. The van der Waals surface area contributed by atoms with Crippen LogP contribution in [0, 0.1) is 20.2 Å². The molecule has 0 spiro atoms. The summed E-state index contributed by atoms with van der Waals surface area (Å²) in [6, 6.07) is 21.4. The second kappa shape index (κ2) is 17.5. The molecule has 0 aliphatic carbocycles. The molecule has 0 atom stereocenters. The monoisotopic (exact) mass is 651 g/mol. The first-order valence-electron chi connectivity index (χ1n) is 15.4. The van der Waals surface area contributed by atoms with Crippen molar-refractivity contribution in [2.45, 2.75) is 53.6 Å². The van der Waals surface area contributed by atoms with E-state index < -0.39 is 9.85 Å². The van der Waals surface area contributed by atoms with Crippen LogP contribution < -0.4 is 5.73 Å². The lowest BCUT2D eigenvalue weighted by molar-refractivity contribution is -0.385. The number of hydrogen-bond acceptors (Lipinski definition) is 8. The molecule has 0 unspecified atom stereocenters. The van der Waals surface area contributed by atoms with Gasteiger partial charge in [0.2, 0.25) is 0 Å². The van der Waals surface area contributed by atoms with Crippen molar-refractivity contribution in [3.63, 3.8) is 0 Å². The van der Waals surface area contributed by atoms with Gasteiger partial charge in [-0.05, 0) is 80.8 Å². The first-order chi connectivity index (χ1) is 23.0. The van der Waals surface area contributed by atoms with E-state index in [4.69, 9.17) is 5.73 Å². The van der Waals surface area contributed by atoms with Crippen molar-refractivity contribution in [3.8, 4) is 33.4 Å². The van der Waals surface area contributed by atoms with Crippen molar-refractivity contribution in [3.05, 3.63) is 130 Å². The van der Waals surface area contributed by atoms with Crippen LogP contribution in [0.2, 0.25) is 0 Å². The number of anilines is 1. The van der Waals surface area contributed by atoms with Crippen LogP contribution in [-0.4, -0.2) is 39.6 Å². The van der Waals surface area contributed by atoms with E-state index in [-0.39, 0.29) is 11.4 Å². The Hall–Kier alpha value is -6.11. The summed E-state index contributed by atoms with van der Waals surface area (Å²) in [4.78, 5) is 20.1. The number of nitrogens with two attached hydrogens (primary N) is 1. The first-order valence-corrected chi connectivity index (χ1v) is 15.4. The number of rotatable bonds is 7. The van der Waals surface area contributed by atoms with Crippen LogP contribution in [0.5, 0.6) is 0 Å². The van der Waals surface area contributed by atoms with Crippen LogP contribution in [0.15, 0.2) is 110 Å². The molecule has 0 fully saturated rings. The molecule has 0 bridgehead atoms. The van der Waals surface area contributed by atoms with Gasteiger partial charge in [-0.1, -0.05) is 26.0 Å². The summed E-state index contributed by atoms with van der Waals surface area (Å²) in [5.41, 5.74) is 12.6. The molecule has 48 heavy (non-hydrogen) atoms. The zero-order chi connectivity index (χ0) is 35.2. The van der Waals surface area contributed by atoms with Gasteiger partial charge in [0, 0.05) is 77.3 Å². The highest BCUT2D eigenvalue weighted by molar-refractivity contribution is 5.65. The van der Waals surface area contributed by atoms with Crippen LogP contribution >= 0.6 is 0 Å². The summed E-state index contributed by atoms with van der Waals surface area (Å²) < 4.78 is 3.81. The summed E-state index contributed by atoms with van der Waals surface area (Å²) in [5.74, 6) is 0. The molecule has 3 aromatic heterocycles. The molecule has 0 radical (unpaired) electrons. The van der Waals surface area contributed by atoms with E-state index in [0.717, 1.165) is 39.1 Å². The summed E-state index contributed by atoms with van der Waals surface area (Å²) in [7, 11) is 0. The maximum atomic E-state index is 10.5. The fourth-order valence-corrected chi connectivity index (χ4v) is 4.17. The molecule has 3 N–H and O–H groups in total. The number of nitro groups is 2. The molecule has 0 saturated heterocycles. The van der Waals surface area contributed by atoms with E-state index in [2.05, 4.69) is 40.4 Å². The minimum Gasteiger partial charge on any atom is -0.399 e. The second-order valence-corrected chi connectivity index (χ2v) is 10.8. The van der Waals surface area contributed by atoms with E-state index in [0.29, 0.717) is 12.1 Å². The van der Waals surface area contributed by atoms with Gasteiger partial charge < -0.3 is 5.73 Å². The van der Waals surface area contributed by atoms with Gasteiger partial charge in [-0.25, -0.2) is 0 Å². The number of nitrogen functional groups attached to an aromatic ring is 1. The van der Waals surface area contributed by atoms with Crippen LogP contribution in [0.25, 0.3) is 33.4 Å². The van der Waals surface area contributed by atoms with Crippen LogP contribution in [0.3, 0.4) is 0 Å². The maximum Gasteiger partial charge on any atom is 0.269 e. The number of benzene rings is 3. The standard InChI is InChI=1S/C12H13N3O2.C12H15N3.C9H7N3O2.C2H6/c1-9(2)14-8-11(7-13-14)10-3-5-12(6-4-10)15(16)17;1-9(2)15-8-11(7-14-15)10-3-5-12(13)6-4-10;13-12(14)9-3-1-7(2-4-9)8-5-10-11-6-8;1-2/h3-9H,1-2H3;3-9H,13H2,1-2H3;1-6H,(H,10,11);1-2H3. The molecule has 13 heteroatoms. The summed E-state index contributed by atoms with van der Waals surface area (Å²) >= 11 is 0. The Morgan fingerprint density at radius 1 is 0.604 bits per heavy atom. The zero-order valence-electron chi connectivity index (χ0n) is 27.9. The Kier molecular flexibility index (Phi) is 13.3. The third-order valence-corrected chi connectivity index (χ3v) is 6.83. The third kappa shape index (κ3) is 10.2. The number of aromatic amines is 1. The fraction of sp³-hybridized carbons (Fsp3) is 0.229. The Morgan fingerprint density at radius 3 is 1.29 bits per heavy atom. The Balaban J connectivity index is 0.000000191. The van der Waals surface area contributed by atoms with Gasteiger partial charge in [0.25, 0.3) is 11.4 Å². The highest BCUT2D eigenvalue weighted by atomic mass is 16.6. The van der Waals surface area contributed by atoms with Gasteiger partial charge in [0.15, 0.2) is 0 Å². The molecule has 6 aromatic rings. The predicted octanol–water partition coefficient (Wildman–Crippen LogP) is 8.76. The SMILES string of the molecule is CC.CC(C)n1cc(-c2ccc(N)cc2)cn1.CC(C)n1cc(-c2ccc([N+](=O)[O-])cc2)cn1.O=[N+]([O-])c1ccc(-c2cn[nH]c2)cc1. The van der Waals surface area contributed by atoms with Gasteiger partial charge >= 0.3 is 0 Å². The lowest BCUT2D eigenvalue weighted by atomic mass is 10.1. The maximum absolute atomic E-state index is 10.5. The number of non-ortho nitro benzene ring substituents is 2. The third-order valence-electron chi connectivity index (χ3n) is 6.83. The average Bonchev–Trinajstić information content (AvgIpc) is 3.90. The Bertz CT molecular complexity index is 1840. The molecule has 0 amide bonds. The van der Waals surface area contributed by atoms with E-state index in [1.54, 1.807) is 42.9 Å². The van der Waals surface area contributed by atoms with Gasteiger partial charge in [0.05, 0.1) is 28.4 Å². The van der Waals surface area contributed by atoms with Gasteiger partial charge in [0.1, 0.15) is 0 Å². The quantitative estimate of drug-likeness (QED) is 0.0977. The average molecular weight is 652 g/mol. The minimum atomic E-state index is -0.418. The van der Waals surface area contributed by atoms with Crippen molar-refractivity contribution in [1.29, 1.82) is 0 Å². The van der Waals surface area contributed by atoms with Crippen molar-refractivity contribution in [1.82, 2.24) is 29.8 Å². The molecule has 250 valence electrons. The number of nitrogens with one attached hydrogen (secondary N) is 1. The number of nitro benzene ring substituents is 2. The van der Waals surface area contributed by atoms with Crippen LogP contribution in [-0.2, 0) is 0 Å². The van der Waals surface area contributed by atoms with E-state index in [9.17, 15) is 20.2 Å².